The van der Waals surface area contributed by atoms with Gasteiger partial charge in [-0.05, 0) is 44.9 Å². The maximum absolute atomic E-state index is 13.1. The minimum atomic E-state index is -3.06. The summed E-state index contributed by atoms with van der Waals surface area (Å²) in [6.07, 6.45) is 4.00. The quantitative estimate of drug-likeness (QED) is 0.631. The summed E-state index contributed by atoms with van der Waals surface area (Å²) in [7, 11) is -3.06. The molecule has 0 spiro atoms. The molecule has 0 radical (unpaired) electrons. The topological polar surface area (TPSA) is 120 Å². The van der Waals surface area contributed by atoms with Crippen LogP contribution in [0.1, 0.15) is 76.3 Å². The SMILES string of the molecule is Cc1nc(NC(=O)c2nn([C@H]3CCS(=O)(=O)C3)c3c2CCCC3)sc1C(=O)OCC(C)C. The molecule has 0 bridgehead atoms. The molecule has 32 heavy (non-hydrogen) atoms. The van der Waals surface area contributed by atoms with E-state index < -0.39 is 21.7 Å². The molecule has 1 aliphatic heterocycles. The average Bonchev–Trinajstić information content (AvgIpc) is 3.40. The summed E-state index contributed by atoms with van der Waals surface area (Å²) < 4.78 is 31.0. The number of fused-ring (bicyclic) bond motifs is 1. The van der Waals surface area contributed by atoms with Gasteiger partial charge in [0.25, 0.3) is 5.91 Å². The molecule has 3 heterocycles. The molecule has 1 amide bonds. The highest BCUT2D eigenvalue weighted by molar-refractivity contribution is 7.91. The molecule has 1 saturated heterocycles. The van der Waals surface area contributed by atoms with Crippen LogP contribution in [0.5, 0.6) is 0 Å². The summed E-state index contributed by atoms with van der Waals surface area (Å²) >= 11 is 1.08. The molecule has 2 aliphatic rings. The van der Waals surface area contributed by atoms with Crippen LogP contribution in [0.4, 0.5) is 5.13 Å². The molecular weight excluding hydrogens is 452 g/mol. The van der Waals surface area contributed by atoms with Crippen LogP contribution in [-0.2, 0) is 27.4 Å². The van der Waals surface area contributed by atoms with Gasteiger partial charge in [-0.1, -0.05) is 25.2 Å². The van der Waals surface area contributed by atoms with Gasteiger partial charge in [0.2, 0.25) is 0 Å². The van der Waals surface area contributed by atoms with Crippen LogP contribution < -0.4 is 5.32 Å². The van der Waals surface area contributed by atoms with E-state index in [-0.39, 0.29) is 23.5 Å². The smallest absolute Gasteiger partial charge is 0.350 e. The predicted molar refractivity (Wildman–Crippen MR) is 121 cm³/mol. The minimum Gasteiger partial charge on any atom is -0.461 e. The predicted octanol–water partition coefficient (Wildman–Crippen LogP) is 2.95. The zero-order valence-corrected chi connectivity index (χ0v) is 20.1. The molecule has 1 fully saturated rings. The van der Waals surface area contributed by atoms with Gasteiger partial charge >= 0.3 is 5.97 Å². The fourth-order valence-corrected chi connectivity index (χ4v) is 6.73. The number of aromatic nitrogens is 3. The van der Waals surface area contributed by atoms with E-state index in [0.717, 1.165) is 48.3 Å². The van der Waals surface area contributed by atoms with Crippen molar-refractivity contribution in [1.82, 2.24) is 14.8 Å². The van der Waals surface area contributed by atoms with Gasteiger partial charge in [-0.15, -0.1) is 0 Å². The van der Waals surface area contributed by atoms with E-state index in [9.17, 15) is 18.0 Å². The third kappa shape index (κ3) is 4.73. The third-order valence-corrected chi connectivity index (χ3v) is 8.53. The first-order chi connectivity index (χ1) is 15.1. The van der Waals surface area contributed by atoms with Crippen molar-refractivity contribution in [2.45, 2.75) is 58.9 Å². The highest BCUT2D eigenvalue weighted by Crippen LogP contribution is 2.32. The van der Waals surface area contributed by atoms with E-state index in [1.807, 2.05) is 13.8 Å². The Kier molecular flexibility index (Phi) is 6.39. The number of carbonyl (C=O) groups excluding carboxylic acids is 2. The summed E-state index contributed by atoms with van der Waals surface area (Å²) in [5.74, 6) is -0.392. The van der Waals surface area contributed by atoms with Gasteiger partial charge in [-0.2, -0.15) is 5.10 Å². The van der Waals surface area contributed by atoms with Crippen molar-refractivity contribution >= 4 is 38.2 Å². The van der Waals surface area contributed by atoms with E-state index in [0.29, 0.717) is 34.4 Å². The number of thiazole rings is 1. The molecule has 2 aromatic heterocycles. The number of aryl methyl sites for hydroxylation is 1. The first-order valence-corrected chi connectivity index (χ1v) is 13.5. The summed E-state index contributed by atoms with van der Waals surface area (Å²) in [6.45, 7) is 5.94. The van der Waals surface area contributed by atoms with Gasteiger partial charge in [-0.3, -0.25) is 14.8 Å². The second-order valence-corrected chi connectivity index (χ2v) is 12.1. The average molecular weight is 481 g/mol. The van der Waals surface area contributed by atoms with Gasteiger partial charge in [-0.25, -0.2) is 18.2 Å². The van der Waals surface area contributed by atoms with Gasteiger partial charge < -0.3 is 4.74 Å². The summed E-state index contributed by atoms with van der Waals surface area (Å²) in [5.41, 5.74) is 2.68. The fraction of sp³-hybridized carbons (Fsp3) is 0.619. The number of anilines is 1. The van der Waals surface area contributed by atoms with Crippen LogP contribution >= 0.6 is 11.3 Å². The van der Waals surface area contributed by atoms with Gasteiger partial charge in [0.15, 0.2) is 20.7 Å². The second kappa shape index (κ2) is 8.93. The number of esters is 1. The number of rotatable bonds is 6. The van der Waals surface area contributed by atoms with Gasteiger partial charge in [0.05, 0.1) is 29.8 Å². The van der Waals surface area contributed by atoms with Gasteiger partial charge in [0, 0.05) is 11.3 Å². The lowest BCUT2D eigenvalue weighted by atomic mass is 9.95. The molecule has 1 aliphatic carbocycles. The van der Waals surface area contributed by atoms with E-state index >= 15 is 0 Å². The zero-order chi connectivity index (χ0) is 23.0. The molecule has 0 unspecified atom stereocenters. The molecular formula is C21H28N4O5S2. The number of amides is 1. The highest BCUT2D eigenvalue weighted by Gasteiger charge is 2.34. The molecule has 1 atom stereocenters. The van der Waals surface area contributed by atoms with Crippen LogP contribution in [0.3, 0.4) is 0 Å². The van der Waals surface area contributed by atoms with Crippen LogP contribution in [0, 0.1) is 12.8 Å². The Bertz CT molecular complexity index is 1150. The maximum atomic E-state index is 13.1. The number of sulfone groups is 1. The van der Waals surface area contributed by atoms with Crippen LogP contribution in [0.25, 0.3) is 0 Å². The van der Waals surface area contributed by atoms with E-state index in [2.05, 4.69) is 15.4 Å². The fourth-order valence-electron chi connectivity index (χ4n) is 4.18. The number of ether oxygens (including phenoxy) is 1. The lowest BCUT2D eigenvalue weighted by molar-refractivity contribution is 0.0463. The van der Waals surface area contributed by atoms with E-state index in [4.69, 9.17) is 4.74 Å². The van der Waals surface area contributed by atoms with Crippen LogP contribution in [0.15, 0.2) is 0 Å². The summed E-state index contributed by atoms with van der Waals surface area (Å²) in [4.78, 5) is 30.1. The minimum absolute atomic E-state index is 0.0652. The van der Waals surface area contributed by atoms with Crippen molar-refractivity contribution in [3.05, 3.63) is 27.5 Å². The Labute approximate surface area is 191 Å². The van der Waals surface area contributed by atoms with Crippen molar-refractivity contribution in [3.63, 3.8) is 0 Å². The van der Waals surface area contributed by atoms with E-state index in [1.54, 1.807) is 11.6 Å². The Hall–Kier alpha value is -2.27. The Morgan fingerprint density at radius 3 is 2.72 bits per heavy atom. The van der Waals surface area contributed by atoms with Crippen molar-refractivity contribution < 1.29 is 22.7 Å². The molecule has 0 aromatic carbocycles. The zero-order valence-electron chi connectivity index (χ0n) is 18.5. The molecule has 2 aromatic rings. The first-order valence-electron chi connectivity index (χ1n) is 10.9. The lowest BCUT2D eigenvalue weighted by Crippen LogP contribution is -2.17. The Morgan fingerprint density at radius 1 is 1.28 bits per heavy atom. The molecule has 1 N–H and O–H groups in total. The summed E-state index contributed by atoms with van der Waals surface area (Å²) in [6, 6.07) is -0.224. The normalized spacial score (nSPS) is 19.7. The first kappa shape index (κ1) is 22.9. The summed E-state index contributed by atoms with van der Waals surface area (Å²) in [5, 5.41) is 7.66. The van der Waals surface area contributed by atoms with Crippen molar-refractivity contribution in [3.8, 4) is 0 Å². The monoisotopic (exact) mass is 480 g/mol. The molecule has 11 heteroatoms. The van der Waals surface area contributed by atoms with Crippen LogP contribution in [0.2, 0.25) is 0 Å². The number of hydrogen-bond acceptors (Lipinski definition) is 8. The molecule has 0 saturated carbocycles. The number of carbonyl (C=O) groups is 2. The Balaban J connectivity index is 1.55. The standard InChI is InChI=1S/C21H28N4O5S2/c1-12(2)10-30-20(27)18-13(3)22-21(31-18)23-19(26)17-15-6-4-5-7-16(15)25(24-17)14-8-9-32(28,29)11-14/h12,14H,4-11H2,1-3H3,(H,22,23,26)/t14-/m0/s1. The molecule has 9 nitrogen and oxygen atoms in total. The largest absolute Gasteiger partial charge is 0.461 e. The van der Waals surface area contributed by atoms with Gasteiger partial charge in [0.1, 0.15) is 4.88 Å². The molecule has 174 valence electrons. The number of hydrogen-bond donors (Lipinski definition) is 1. The van der Waals surface area contributed by atoms with Crippen LogP contribution in [-0.4, -0.2) is 53.2 Å². The third-order valence-electron chi connectivity index (χ3n) is 5.73. The maximum Gasteiger partial charge on any atom is 0.350 e. The molecule has 4 rings (SSSR count). The lowest BCUT2D eigenvalue weighted by Gasteiger charge is -2.17. The van der Waals surface area contributed by atoms with Crippen molar-refractivity contribution in [2.24, 2.45) is 5.92 Å². The Morgan fingerprint density at radius 2 is 2.03 bits per heavy atom. The number of nitrogens with one attached hydrogen (secondary N) is 1. The van der Waals surface area contributed by atoms with Crippen molar-refractivity contribution in [2.75, 3.05) is 23.4 Å². The van der Waals surface area contributed by atoms with Crippen molar-refractivity contribution in [1.29, 1.82) is 0 Å². The second-order valence-electron chi connectivity index (χ2n) is 8.86. The van der Waals surface area contributed by atoms with E-state index in [1.165, 1.54) is 0 Å². The highest BCUT2D eigenvalue weighted by atomic mass is 32.2. The number of nitrogens with zero attached hydrogens (tertiary/aromatic N) is 3.